The molecule has 0 atom stereocenters. The van der Waals surface area contributed by atoms with Gasteiger partial charge in [0.15, 0.2) is 9.84 Å². The summed E-state index contributed by atoms with van der Waals surface area (Å²) in [7, 11) is -3.34. The van der Waals surface area contributed by atoms with Crippen LogP contribution in [0.5, 0.6) is 0 Å². The molecule has 0 spiro atoms. The van der Waals surface area contributed by atoms with E-state index in [0.29, 0.717) is 10.7 Å². The molecule has 1 amide bonds. The fourth-order valence-electron chi connectivity index (χ4n) is 2.45. The van der Waals surface area contributed by atoms with Crippen molar-refractivity contribution in [2.75, 3.05) is 11.6 Å². The van der Waals surface area contributed by atoms with Crippen LogP contribution in [0, 0.1) is 5.92 Å². The highest BCUT2D eigenvalue weighted by molar-refractivity contribution is 7.90. The molecule has 116 valence electrons. The van der Waals surface area contributed by atoms with Crippen molar-refractivity contribution in [2.45, 2.75) is 36.6 Å². The van der Waals surface area contributed by atoms with Crippen molar-refractivity contribution in [3.63, 3.8) is 0 Å². The van der Waals surface area contributed by atoms with Crippen LogP contribution >= 0.6 is 11.6 Å². The maximum atomic E-state index is 12.2. The third kappa shape index (κ3) is 4.18. The summed E-state index contributed by atoms with van der Waals surface area (Å²) in [5.74, 6) is -0.225. The zero-order chi connectivity index (χ0) is 15.6. The van der Waals surface area contributed by atoms with Crippen LogP contribution in [-0.4, -0.2) is 26.6 Å². The maximum absolute atomic E-state index is 12.2. The van der Waals surface area contributed by atoms with Crippen LogP contribution in [0.25, 0.3) is 0 Å². The van der Waals surface area contributed by atoms with E-state index in [4.69, 9.17) is 17.3 Å². The Labute approximate surface area is 129 Å². The van der Waals surface area contributed by atoms with Gasteiger partial charge in [0.25, 0.3) is 0 Å². The predicted molar refractivity (Wildman–Crippen MR) is 83.1 cm³/mol. The minimum absolute atomic E-state index is 0.0947. The summed E-state index contributed by atoms with van der Waals surface area (Å²) < 4.78 is 23.1. The summed E-state index contributed by atoms with van der Waals surface area (Å²) in [4.78, 5) is 12.4. The Balaban J connectivity index is 2.14. The molecule has 0 aliphatic heterocycles. The lowest BCUT2D eigenvalue weighted by Crippen LogP contribution is -2.32. The molecule has 1 saturated carbocycles. The van der Waals surface area contributed by atoms with Gasteiger partial charge in [-0.1, -0.05) is 11.6 Å². The molecule has 0 unspecified atom stereocenters. The zero-order valence-electron chi connectivity index (χ0n) is 11.8. The highest BCUT2D eigenvalue weighted by atomic mass is 35.5. The quantitative estimate of drug-likeness (QED) is 0.889. The van der Waals surface area contributed by atoms with E-state index >= 15 is 0 Å². The zero-order valence-corrected chi connectivity index (χ0v) is 13.4. The minimum atomic E-state index is -3.34. The van der Waals surface area contributed by atoms with Crippen molar-refractivity contribution in [3.8, 4) is 0 Å². The molecule has 7 heteroatoms. The number of amides is 1. The van der Waals surface area contributed by atoms with Gasteiger partial charge in [-0.05, 0) is 43.9 Å². The predicted octanol–water partition coefficient (Wildman–Crippen LogP) is 2.20. The van der Waals surface area contributed by atoms with Crippen molar-refractivity contribution in [2.24, 2.45) is 11.7 Å². The van der Waals surface area contributed by atoms with Gasteiger partial charge in [-0.2, -0.15) is 0 Å². The average Bonchev–Trinajstić information content (AvgIpc) is 2.40. The van der Waals surface area contributed by atoms with Crippen LogP contribution in [0.4, 0.5) is 5.69 Å². The van der Waals surface area contributed by atoms with Crippen molar-refractivity contribution in [1.82, 2.24) is 0 Å². The Kier molecular flexibility index (Phi) is 4.91. The lowest BCUT2D eigenvalue weighted by molar-refractivity contribution is -0.120. The first-order valence-electron chi connectivity index (χ1n) is 6.83. The van der Waals surface area contributed by atoms with Crippen molar-refractivity contribution in [3.05, 3.63) is 23.2 Å². The molecule has 1 aliphatic rings. The molecule has 5 nitrogen and oxygen atoms in total. The summed E-state index contributed by atoms with van der Waals surface area (Å²) in [5.41, 5.74) is 6.15. The van der Waals surface area contributed by atoms with Crippen molar-refractivity contribution >= 4 is 33.0 Å². The number of sulfone groups is 1. The van der Waals surface area contributed by atoms with Crippen LogP contribution in [0.1, 0.15) is 25.7 Å². The molecular weight excluding hydrogens is 312 g/mol. The molecule has 1 aliphatic carbocycles. The number of halogens is 1. The van der Waals surface area contributed by atoms with Gasteiger partial charge >= 0.3 is 0 Å². The summed E-state index contributed by atoms with van der Waals surface area (Å²) in [6, 6.07) is 4.47. The van der Waals surface area contributed by atoms with Crippen LogP contribution < -0.4 is 11.1 Å². The number of anilines is 1. The lowest BCUT2D eigenvalue weighted by Gasteiger charge is -2.25. The number of rotatable bonds is 3. The third-order valence-electron chi connectivity index (χ3n) is 3.77. The smallest absolute Gasteiger partial charge is 0.227 e. The van der Waals surface area contributed by atoms with E-state index in [1.165, 1.54) is 18.2 Å². The van der Waals surface area contributed by atoms with Gasteiger partial charge in [-0.3, -0.25) is 4.79 Å². The summed E-state index contributed by atoms with van der Waals surface area (Å²) >= 11 is 6.02. The molecular formula is C14H19ClN2O3S. The number of carbonyl (C=O) groups is 1. The third-order valence-corrected chi connectivity index (χ3v) is 5.21. The average molecular weight is 331 g/mol. The van der Waals surface area contributed by atoms with E-state index in [2.05, 4.69) is 5.32 Å². The van der Waals surface area contributed by atoms with Crippen molar-refractivity contribution in [1.29, 1.82) is 0 Å². The van der Waals surface area contributed by atoms with Gasteiger partial charge in [0, 0.05) is 18.2 Å². The van der Waals surface area contributed by atoms with E-state index in [-0.39, 0.29) is 22.8 Å². The fourth-order valence-corrected chi connectivity index (χ4v) is 3.26. The standard InChI is InChI=1S/C14H19ClN2O3S/c1-21(19,20)11-6-7-12(15)13(8-11)17-14(18)9-2-4-10(16)5-3-9/h6-10H,2-5,16H2,1H3,(H,17,18). The SMILES string of the molecule is CS(=O)(=O)c1ccc(Cl)c(NC(=O)C2CCC(N)CC2)c1. The van der Waals surface area contributed by atoms with E-state index < -0.39 is 9.84 Å². The number of hydrogen-bond acceptors (Lipinski definition) is 4. The van der Waals surface area contributed by atoms with Gasteiger partial charge in [0.2, 0.25) is 5.91 Å². The largest absolute Gasteiger partial charge is 0.328 e. The molecule has 2 rings (SSSR count). The molecule has 1 fully saturated rings. The highest BCUT2D eigenvalue weighted by Gasteiger charge is 2.25. The molecule has 0 saturated heterocycles. The van der Waals surface area contributed by atoms with E-state index in [1.54, 1.807) is 0 Å². The number of carbonyl (C=O) groups excluding carboxylic acids is 1. The number of nitrogens with one attached hydrogen (secondary N) is 1. The Hall–Kier alpha value is -1.11. The first kappa shape index (κ1) is 16.3. The number of nitrogens with two attached hydrogens (primary N) is 1. The molecule has 21 heavy (non-hydrogen) atoms. The second-order valence-electron chi connectivity index (χ2n) is 5.51. The van der Waals surface area contributed by atoms with Gasteiger partial charge < -0.3 is 11.1 Å². The normalized spacial score (nSPS) is 22.8. The Bertz CT molecular complexity index is 638. The molecule has 0 bridgehead atoms. The van der Waals surface area contributed by atoms with E-state index in [1.807, 2.05) is 0 Å². The molecule has 1 aromatic rings. The monoisotopic (exact) mass is 330 g/mol. The molecule has 0 aromatic heterocycles. The van der Waals surface area contributed by atoms with Gasteiger partial charge in [-0.15, -0.1) is 0 Å². The fraction of sp³-hybridized carbons (Fsp3) is 0.500. The van der Waals surface area contributed by atoms with Gasteiger partial charge in [-0.25, -0.2) is 8.42 Å². The van der Waals surface area contributed by atoms with Crippen LogP contribution in [0.2, 0.25) is 5.02 Å². The maximum Gasteiger partial charge on any atom is 0.227 e. The Morgan fingerprint density at radius 1 is 1.29 bits per heavy atom. The van der Waals surface area contributed by atoms with Gasteiger partial charge in [0.1, 0.15) is 0 Å². The second-order valence-corrected chi connectivity index (χ2v) is 7.94. The van der Waals surface area contributed by atoms with E-state index in [9.17, 15) is 13.2 Å². The molecule has 0 radical (unpaired) electrons. The summed E-state index contributed by atoms with van der Waals surface area (Å²) in [6.45, 7) is 0. The first-order valence-corrected chi connectivity index (χ1v) is 9.10. The molecule has 1 aromatic carbocycles. The molecule has 3 N–H and O–H groups in total. The molecule has 0 heterocycles. The minimum Gasteiger partial charge on any atom is -0.328 e. The highest BCUT2D eigenvalue weighted by Crippen LogP contribution is 2.28. The second kappa shape index (κ2) is 6.34. The Morgan fingerprint density at radius 3 is 2.48 bits per heavy atom. The van der Waals surface area contributed by atoms with Crippen LogP contribution in [-0.2, 0) is 14.6 Å². The Morgan fingerprint density at radius 2 is 1.90 bits per heavy atom. The topological polar surface area (TPSA) is 89.3 Å². The lowest BCUT2D eigenvalue weighted by atomic mass is 9.86. The van der Waals surface area contributed by atoms with Crippen LogP contribution in [0.15, 0.2) is 23.1 Å². The number of hydrogen-bond donors (Lipinski definition) is 2. The van der Waals surface area contributed by atoms with E-state index in [0.717, 1.165) is 31.9 Å². The summed E-state index contributed by atoms with van der Waals surface area (Å²) in [5, 5.41) is 3.05. The summed E-state index contributed by atoms with van der Waals surface area (Å²) in [6.07, 6.45) is 4.27. The van der Waals surface area contributed by atoms with Crippen LogP contribution in [0.3, 0.4) is 0 Å². The van der Waals surface area contributed by atoms with Gasteiger partial charge in [0.05, 0.1) is 15.6 Å². The first-order chi connectivity index (χ1) is 9.77. The number of benzene rings is 1. The van der Waals surface area contributed by atoms with Crippen molar-refractivity contribution < 1.29 is 13.2 Å².